The Hall–Kier alpha value is -1.90. The molecular formula is C37H66N2O6. The Balaban J connectivity index is 1.78. The van der Waals surface area contributed by atoms with Crippen LogP contribution in [0.25, 0.3) is 0 Å². The summed E-state index contributed by atoms with van der Waals surface area (Å²) in [5, 5.41) is 3.19. The highest BCUT2D eigenvalue weighted by Crippen LogP contribution is 2.31. The molecule has 2 rings (SSSR count). The molecule has 0 spiro atoms. The van der Waals surface area contributed by atoms with Crippen molar-refractivity contribution in [3.8, 4) is 0 Å². The molecule has 1 aliphatic heterocycles. The van der Waals surface area contributed by atoms with Crippen LogP contribution in [-0.2, 0) is 23.7 Å². The van der Waals surface area contributed by atoms with E-state index in [0.29, 0.717) is 44.0 Å². The number of ether oxygens (including phenoxy) is 4. The van der Waals surface area contributed by atoms with E-state index in [9.17, 15) is 9.59 Å². The van der Waals surface area contributed by atoms with Gasteiger partial charge in [-0.15, -0.1) is 0 Å². The van der Waals surface area contributed by atoms with Gasteiger partial charge in [0.2, 0.25) is 5.91 Å². The van der Waals surface area contributed by atoms with Gasteiger partial charge in [-0.3, -0.25) is 4.79 Å². The maximum absolute atomic E-state index is 13.0. The van der Waals surface area contributed by atoms with Crippen molar-refractivity contribution >= 4 is 12.0 Å². The van der Waals surface area contributed by atoms with Crippen molar-refractivity contribution in [1.82, 2.24) is 10.2 Å². The molecule has 1 heterocycles. The molecule has 0 radical (unpaired) electrons. The Labute approximate surface area is 275 Å². The number of carbonyl (C=O) groups excluding carboxylic acids is 2. The average Bonchev–Trinajstić information content (AvgIpc) is 3.00. The summed E-state index contributed by atoms with van der Waals surface area (Å²) in [6.45, 7) is 21.4. The Bertz CT molecular complexity index is 933. The number of nitrogens with zero attached hydrogens (tertiary/aromatic N) is 1. The van der Waals surface area contributed by atoms with E-state index >= 15 is 0 Å². The molecule has 1 saturated carbocycles. The molecule has 2 amide bonds. The van der Waals surface area contributed by atoms with Gasteiger partial charge in [0.1, 0.15) is 0 Å². The van der Waals surface area contributed by atoms with Gasteiger partial charge < -0.3 is 29.2 Å². The lowest BCUT2D eigenvalue weighted by Crippen LogP contribution is -2.43. The van der Waals surface area contributed by atoms with Crippen LogP contribution in [0, 0.1) is 23.7 Å². The summed E-state index contributed by atoms with van der Waals surface area (Å²) in [4.78, 5) is 26.8. The van der Waals surface area contributed by atoms with Crippen molar-refractivity contribution in [3.05, 3.63) is 23.8 Å². The van der Waals surface area contributed by atoms with Gasteiger partial charge in [0.15, 0.2) is 0 Å². The zero-order chi connectivity index (χ0) is 33.6. The largest absolute Gasteiger partial charge is 0.449 e. The molecule has 260 valence electrons. The highest BCUT2D eigenvalue weighted by Gasteiger charge is 2.32. The predicted molar refractivity (Wildman–Crippen MR) is 182 cm³/mol. The zero-order valence-corrected chi connectivity index (χ0v) is 30.2. The number of hydrogen-bond donors (Lipinski definition) is 1. The third-order valence-electron chi connectivity index (χ3n) is 9.78. The average molecular weight is 635 g/mol. The lowest BCUT2D eigenvalue weighted by Gasteiger charge is -2.36. The summed E-state index contributed by atoms with van der Waals surface area (Å²) in [5.74, 6) is 1.29. The second-order valence-electron chi connectivity index (χ2n) is 14.2. The molecule has 0 aromatic carbocycles. The molecule has 6 atom stereocenters. The minimum absolute atomic E-state index is 0.0243. The first-order valence-electron chi connectivity index (χ1n) is 17.7. The van der Waals surface area contributed by atoms with E-state index < -0.39 is 0 Å². The van der Waals surface area contributed by atoms with Crippen LogP contribution in [0.15, 0.2) is 23.8 Å². The van der Waals surface area contributed by atoms with E-state index in [1.165, 1.54) is 5.57 Å². The van der Waals surface area contributed by atoms with Crippen LogP contribution in [0.5, 0.6) is 0 Å². The van der Waals surface area contributed by atoms with Crippen molar-refractivity contribution in [3.63, 3.8) is 0 Å². The van der Waals surface area contributed by atoms with Gasteiger partial charge in [-0.05, 0) is 116 Å². The number of nitrogens with one attached hydrogen (secondary N) is 1. The van der Waals surface area contributed by atoms with E-state index in [1.807, 2.05) is 13.8 Å². The maximum Gasteiger partial charge on any atom is 0.409 e. The van der Waals surface area contributed by atoms with E-state index in [4.69, 9.17) is 18.9 Å². The van der Waals surface area contributed by atoms with Crippen molar-refractivity contribution in [2.75, 3.05) is 33.4 Å². The molecular weight excluding hydrogens is 568 g/mol. The number of carbonyl (C=O) groups is 2. The standard InChI is InChI=1S/C37H66N2O6/c1-11-33(42-10)29(7)45-37(8,9)23-26(4)15-14-16-27(5)34-28(6)17-22-32(44-34)24-38-35(40)31-20-18-30(19-21-31)25-43-36(41)39(12-2)13-3/h14-16,26,28-34H,11-13,17-25H2,1-10H3,(H,38,40)/b15-14+,27-16+/t26-,28+,29?,30-,31-,32-,33+,34-/m1/s1. The third-order valence-corrected chi connectivity index (χ3v) is 9.78. The molecule has 1 unspecified atom stereocenters. The Morgan fingerprint density at radius 1 is 1.04 bits per heavy atom. The summed E-state index contributed by atoms with van der Waals surface area (Å²) >= 11 is 0. The molecule has 2 aliphatic rings. The van der Waals surface area contributed by atoms with Gasteiger partial charge in [0.05, 0.1) is 36.6 Å². The molecule has 8 heteroatoms. The normalized spacial score (nSPS) is 26.7. The second kappa shape index (κ2) is 19.7. The lowest BCUT2D eigenvalue weighted by atomic mass is 9.82. The smallest absolute Gasteiger partial charge is 0.409 e. The van der Waals surface area contributed by atoms with Gasteiger partial charge in [-0.25, -0.2) is 4.79 Å². The molecule has 1 saturated heterocycles. The van der Waals surface area contributed by atoms with Gasteiger partial charge in [0, 0.05) is 32.7 Å². The molecule has 0 aromatic rings. The van der Waals surface area contributed by atoms with Crippen LogP contribution in [0.3, 0.4) is 0 Å². The maximum atomic E-state index is 13.0. The summed E-state index contributed by atoms with van der Waals surface area (Å²) < 4.78 is 24.0. The number of rotatable bonds is 17. The van der Waals surface area contributed by atoms with Crippen LogP contribution >= 0.6 is 0 Å². The minimum atomic E-state index is -0.244. The summed E-state index contributed by atoms with van der Waals surface area (Å²) in [6.07, 6.45) is 14.0. The number of amides is 2. The van der Waals surface area contributed by atoms with E-state index in [0.717, 1.165) is 51.4 Å². The number of allylic oxidation sites excluding steroid dienone is 3. The van der Waals surface area contributed by atoms with Gasteiger partial charge in [-0.2, -0.15) is 0 Å². The SMILES string of the molecule is CC[C@H](OC)C(C)OC(C)(C)C[C@H](C)/C=C/C=C(\C)[C@H]1O[C@@H](CNC(=O)[C@H]2CC[C@H](COC(=O)N(CC)CC)CC2)CC[C@@H]1C. The highest BCUT2D eigenvalue weighted by atomic mass is 16.6. The molecule has 1 aliphatic carbocycles. The first-order valence-corrected chi connectivity index (χ1v) is 17.7. The fourth-order valence-electron chi connectivity index (χ4n) is 7.08. The van der Waals surface area contributed by atoms with Crippen LogP contribution in [0.4, 0.5) is 4.79 Å². The van der Waals surface area contributed by atoms with Crippen LogP contribution in [0.2, 0.25) is 0 Å². The third kappa shape index (κ3) is 13.4. The first-order chi connectivity index (χ1) is 21.3. The molecule has 8 nitrogen and oxygen atoms in total. The van der Waals surface area contributed by atoms with Crippen molar-refractivity contribution in [2.24, 2.45) is 23.7 Å². The topological polar surface area (TPSA) is 86.3 Å². The highest BCUT2D eigenvalue weighted by molar-refractivity contribution is 5.78. The number of methoxy groups -OCH3 is 1. The van der Waals surface area contributed by atoms with Crippen LogP contribution in [-0.4, -0.2) is 80.3 Å². The van der Waals surface area contributed by atoms with Crippen LogP contribution < -0.4 is 5.32 Å². The number of hydrogen-bond acceptors (Lipinski definition) is 6. The zero-order valence-electron chi connectivity index (χ0n) is 30.2. The Morgan fingerprint density at radius 2 is 1.71 bits per heavy atom. The Morgan fingerprint density at radius 3 is 2.31 bits per heavy atom. The lowest BCUT2D eigenvalue weighted by molar-refractivity contribution is -0.128. The van der Waals surface area contributed by atoms with Gasteiger partial charge in [-0.1, -0.05) is 39.0 Å². The molecule has 0 aromatic heterocycles. The summed E-state index contributed by atoms with van der Waals surface area (Å²) in [7, 11) is 1.75. The van der Waals surface area contributed by atoms with Crippen molar-refractivity contribution in [1.29, 1.82) is 0 Å². The predicted octanol–water partition coefficient (Wildman–Crippen LogP) is 7.71. The molecule has 0 bridgehead atoms. The summed E-state index contributed by atoms with van der Waals surface area (Å²) in [5.41, 5.74) is 0.975. The molecule has 1 N–H and O–H groups in total. The van der Waals surface area contributed by atoms with Gasteiger partial charge >= 0.3 is 6.09 Å². The quantitative estimate of drug-likeness (QED) is 0.165. The first kappa shape index (κ1) is 39.3. The van der Waals surface area contributed by atoms with E-state index in [2.05, 4.69) is 72.0 Å². The van der Waals surface area contributed by atoms with Gasteiger partial charge in [0.25, 0.3) is 0 Å². The summed E-state index contributed by atoms with van der Waals surface area (Å²) in [6, 6.07) is 0. The van der Waals surface area contributed by atoms with E-state index in [-0.39, 0.29) is 47.9 Å². The fraction of sp³-hybridized carbons (Fsp3) is 0.838. The molecule has 2 fully saturated rings. The van der Waals surface area contributed by atoms with Crippen molar-refractivity contribution < 1.29 is 28.5 Å². The van der Waals surface area contributed by atoms with Crippen LogP contribution in [0.1, 0.15) is 114 Å². The fourth-order valence-corrected chi connectivity index (χ4v) is 7.08. The minimum Gasteiger partial charge on any atom is -0.449 e. The second-order valence-corrected chi connectivity index (χ2v) is 14.2. The molecule has 45 heavy (non-hydrogen) atoms. The van der Waals surface area contributed by atoms with Crippen molar-refractivity contribution in [2.45, 2.75) is 144 Å². The monoisotopic (exact) mass is 634 g/mol. The van der Waals surface area contributed by atoms with E-state index in [1.54, 1.807) is 12.0 Å². The Kier molecular flexibility index (Phi) is 17.2.